The van der Waals surface area contributed by atoms with Crippen LogP contribution in [0.2, 0.25) is 0 Å². The SMILES string of the molecule is CCC(CC)C1CC(C(CC)CC)CC2(C1)C1CC3CCCCC3CC1C1C3C4C5CCCCC5CCC4C(C)(C)C3CC(C(C)C)C12. The van der Waals surface area contributed by atoms with Crippen molar-refractivity contribution >= 4 is 0 Å². The molecule has 8 aliphatic rings. The molecule has 8 fully saturated rings. The molecule has 0 saturated heterocycles. The highest BCUT2D eigenvalue weighted by Gasteiger charge is 2.73. The standard InChI is InChI=1S/C48H82/c1-9-30(10-2)35-23-36(31(11-3)12-4)28-48(27-35)41-25-34-19-14-13-18-33(34)24-39(41)44-45-42(26-38(29(5)6)46(44)48)47(7,8)40-22-21-32-17-15-16-20-37(32)43(40)45/h29-46H,9-28H2,1-8H3. The van der Waals surface area contributed by atoms with Crippen LogP contribution in [0.1, 0.15) is 184 Å². The van der Waals surface area contributed by atoms with Crippen LogP contribution in [0.3, 0.4) is 0 Å². The van der Waals surface area contributed by atoms with E-state index < -0.39 is 0 Å². The summed E-state index contributed by atoms with van der Waals surface area (Å²) in [5.41, 5.74) is 1.21. The topological polar surface area (TPSA) is 0 Å². The van der Waals surface area contributed by atoms with E-state index in [1.807, 2.05) is 0 Å². The fourth-order valence-corrected chi connectivity index (χ4v) is 18.5. The van der Waals surface area contributed by atoms with E-state index in [4.69, 9.17) is 0 Å². The lowest BCUT2D eigenvalue weighted by molar-refractivity contribution is -0.0999. The first kappa shape index (κ1) is 35.1. The molecular weight excluding hydrogens is 577 g/mol. The second-order valence-corrected chi connectivity index (χ2v) is 21.8. The van der Waals surface area contributed by atoms with Gasteiger partial charge in [0.25, 0.3) is 0 Å². The molecule has 0 heterocycles. The van der Waals surface area contributed by atoms with Crippen molar-refractivity contribution in [3.63, 3.8) is 0 Å². The van der Waals surface area contributed by atoms with Crippen molar-refractivity contribution < 1.29 is 0 Å². The van der Waals surface area contributed by atoms with Crippen molar-refractivity contribution in [1.29, 1.82) is 0 Å². The summed E-state index contributed by atoms with van der Waals surface area (Å²) in [6, 6.07) is 0. The lowest BCUT2D eigenvalue weighted by Gasteiger charge is -2.58. The normalized spacial score (nSPS) is 50.9. The summed E-state index contributed by atoms with van der Waals surface area (Å²) in [5.74, 6) is 18.5. The van der Waals surface area contributed by atoms with Gasteiger partial charge in [-0.1, -0.05) is 126 Å². The predicted octanol–water partition coefficient (Wildman–Crippen LogP) is 14.1. The molecule has 8 saturated carbocycles. The zero-order valence-corrected chi connectivity index (χ0v) is 33.5. The Hall–Kier alpha value is 0. The monoisotopic (exact) mass is 659 g/mol. The van der Waals surface area contributed by atoms with Gasteiger partial charge in [-0.3, -0.25) is 0 Å². The molecule has 0 aromatic heterocycles. The van der Waals surface area contributed by atoms with Crippen LogP contribution in [0.25, 0.3) is 0 Å². The molecule has 0 bridgehead atoms. The Kier molecular flexibility index (Phi) is 9.82. The van der Waals surface area contributed by atoms with E-state index in [9.17, 15) is 0 Å². The average molecular weight is 659 g/mol. The predicted molar refractivity (Wildman–Crippen MR) is 205 cm³/mol. The molecule has 0 N–H and O–H groups in total. The van der Waals surface area contributed by atoms with Gasteiger partial charge in [0.2, 0.25) is 0 Å². The second-order valence-electron chi connectivity index (χ2n) is 21.8. The maximum Gasteiger partial charge on any atom is -0.0227 e. The molecule has 8 rings (SSSR count). The number of fused-ring (bicyclic) bond motifs is 12. The zero-order valence-electron chi connectivity index (χ0n) is 33.5. The minimum atomic E-state index is 0.561. The minimum absolute atomic E-state index is 0.561. The Balaban J connectivity index is 1.29. The van der Waals surface area contributed by atoms with E-state index in [2.05, 4.69) is 55.4 Å². The number of hydrogen-bond acceptors (Lipinski definition) is 0. The van der Waals surface area contributed by atoms with Crippen LogP contribution in [0.15, 0.2) is 0 Å². The summed E-state index contributed by atoms with van der Waals surface area (Å²) < 4.78 is 0. The summed E-state index contributed by atoms with van der Waals surface area (Å²) in [6.07, 6.45) is 31.3. The van der Waals surface area contributed by atoms with Crippen LogP contribution >= 0.6 is 0 Å². The summed E-state index contributed by atoms with van der Waals surface area (Å²) >= 11 is 0. The number of hydrogen-bond donors (Lipinski definition) is 0. The first-order valence-electron chi connectivity index (χ1n) is 23.2. The van der Waals surface area contributed by atoms with E-state index in [-0.39, 0.29) is 0 Å². The van der Waals surface area contributed by atoms with Crippen LogP contribution in [-0.4, -0.2) is 0 Å². The molecular formula is C48H82. The Labute approximate surface area is 300 Å². The molecule has 0 nitrogen and oxygen atoms in total. The van der Waals surface area contributed by atoms with Gasteiger partial charge in [-0.15, -0.1) is 0 Å². The van der Waals surface area contributed by atoms with Crippen LogP contribution in [0, 0.1) is 117 Å². The quantitative estimate of drug-likeness (QED) is 0.255. The molecule has 8 aliphatic carbocycles. The van der Waals surface area contributed by atoms with Crippen LogP contribution in [-0.2, 0) is 0 Å². The number of rotatable bonds is 7. The molecule has 15 unspecified atom stereocenters. The highest BCUT2D eigenvalue weighted by Crippen LogP contribution is 2.79. The first-order chi connectivity index (χ1) is 23.2. The van der Waals surface area contributed by atoms with Crippen molar-refractivity contribution in [2.75, 3.05) is 0 Å². The molecule has 0 radical (unpaired) electrons. The van der Waals surface area contributed by atoms with Gasteiger partial charge in [0.15, 0.2) is 0 Å². The smallest absolute Gasteiger partial charge is 0.0227 e. The van der Waals surface area contributed by atoms with E-state index in [0.717, 1.165) is 107 Å². The van der Waals surface area contributed by atoms with E-state index >= 15 is 0 Å². The Morgan fingerprint density at radius 3 is 1.71 bits per heavy atom. The van der Waals surface area contributed by atoms with Gasteiger partial charge in [0.1, 0.15) is 0 Å². The van der Waals surface area contributed by atoms with Gasteiger partial charge < -0.3 is 0 Å². The third-order valence-electron chi connectivity index (χ3n) is 20.2. The van der Waals surface area contributed by atoms with Gasteiger partial charge >= 0.3 is 0 Å². The Bertz CT molecular complexity index is 1070. The Morgan fingerprint density at radius 2 is 1.10 bits per heavy atom. The fraction of sp³-hybridized carbons (Fsp3) is 1.00. The second kappa shape index (κ2) is 13.4. The van der Waals surface area contributed by atoms with Crippen LogP contribution in [0.4, 0.5) is 0 Å². The summed E-state index contributed by atoms with van der Waals surface area (Å²) in [7, 11) is 0. The van der Waals surface area contributed by atoms with Crippen molar-refractivity contribution in [2.24, 2.45) is 117 Å². The van der Waals surface area contributed by atoms with Crippen LogP contribution < -0.4 is 0 Å². The zero-order chi connectivity index (χ0) is 33.5. The highest BCUT2D eigenvalue weighted by atomic mass is 14.8. The maximum absolute atomic E-state index is 2.85. The summed E-state index contributed by atoms with van der Waals surface area (Å²) in [6.45, 7) is 21.4. The molecule has 1 spiro atoms. The van der Waals surface area contributed by atoms with Gasteiger partial charge in [0, 0.05) is 0 Å². The van der Waals surface area contributed by atoms with Crippen molar-refractivity contribution in [3.05, 3.63) is 0 Å². The van der Waals surface area contributed by atoms with Crippen LogP contribution in [0.5, 0.6) is 0 Å². The fourth-order valence-electron chi connectivity index (χ4n) is 18.5. The lowest BCUT2D eigenvalue weighted by atomic mass is 9.46. The minimum Gasteiger partial charge on any atom is -0.0651 e. The maximum atomic E-state index is 2.85. The van der Waals surface area contributed by atoms with Gasteiger partial charge in [0.05, 0.1) is 0 Å². The molecule has 48 heavy (non-hydrogen) atoms. The van der Waals surface area contributed by atoms with E-state index in [0.29, 0.717) is 10.8 Å². The third kappa shape index (κ3) is 5.27. The Morgan fingerprint density at radius 1 is 0.521 bits per heavy atom. The van der Waals surface area contributed by atoms with E-state index in [1.165, 1.54) is 25.7 Å². The van der Waals surface area contributed by atoms with Crippen molar-refractivity contribution in [3.8, 4) is 0 Å². The molecule has 0 aliphatic heterocycles. The van der Waals surface area contributed by atoms with Crippen molar-refractivity contribution in [2.45, 2.75) is 184 Å². The van der Waals surface area contributed by atoms with Crippen molar-refractivity contribution in [1.82, 2.24) is 0 Å². The van der Waals surface area contributed by atoms with Gasteiger partial charge in [-0.05, 0) is 175 Å². The molecule has 0 heteroatoms. The van der Waals surface area contributed by atoms with Gasteiger partial charge in [-0.2, -0.15) is 0 Å². The molecule has 274 valence electrons. The van der Waals surface area contributed by atoms with Gasteiger partial charge in [-0.25, -0.2) is 0 Å². The average Bonchev–Trinajstić information content (AvgIpc) is 3.48. The van der Waals surface area contributed by atoms with E-state index in [1.54, 1.807) is 103 Å². The first-order valence-corrected chi connectivity index (χ1v) is 23.2. The highest BCUT2D eigenvalue weighted by molar-refractivity contribution is 5.21. The molecule has 0 aromatic carbocycles. The lowest BCUT2D eigenvalue weighted by Crippen LogP contribution is -2.52. The molecule has 0 aromatic rings. The third-order valence-corrected chi connectivity index (χ3v) is 20.2. The summed E-state index contributed by atoms with van der Waals surface area (Å²) in [5, 5.41) is 0. The largest absolute Gasteiger partial charge is 0.0651 e. The molecule has 15 atom stereocenters. The summed E-state index contributed by atoms with van der Waals surface area (Å²) in [4.78, 5) is 0. The molecule has 0 amide bonds.